The first kappa shape index (κ1) is 24.1. The fraction of sp³-hybridized carbons (Fsp3) is 0.261. The van der Waals surface area contributed by atoms with Gasteiger partial charge in [-0.2, -0.15) is 11.8 Å². The third-order valence-electron chi connectivity index (χ3n) is 4.57. The van der Waals surface area contributed by atoms with Crippen LogP contribution in [0, 0.1) is 0 Å². The Bertz CT molecular complexity index is 1120. The van der Waals surface area contributed by atoms with Crippen molar-refractivity contribution in [1.29, 1.82) is 0 Å². The lowest BCUT2D eigenvalue weighted by atomic mass is 10.1. The second kappa shape index (κ2) is 12.4. The number of amides is 1. The van der Waals surface area contributed by atoms with Gasteiger partial charge in [0.2, 0.25) is 11.0 Å². The van der Waals surface area contributed by atoms with Gasteiger partial charge in [-0.05, 0) is 17.7 Å². The van der Waals surface area contributed by atoms with Crippen LogP contribution in [0.1, 0.15) is 26.3 Å². The summed E-state index contributed by atoms with van der Waals surface area (Å²) in [6.07, 6.45) is 3.38. The van der Waals surface area contributed by atoms with E-state index in [1.807, 2.05) is 48.5 Å². The fourth-order valence-corrected chi connectivity index (χ4v) is 5.78. The summed E-state index contributed by atoms with van der Waals surface area (Å²) in [6, 6.07) is 15.2. The van der Waals surface area contributed by atoms with Gasteiger partial charge in [-0.3, -0.25) is 14.6 Å². The first-order chi connectivity index (χ1) is 16.6. The predicted octanol–water partition coefficient (Wildman–Crippen LogP) is 3.80. The minimum atomic E-state index is -0.164. The summed E-state index contributed by atoms with van der Waals surface area (Å²) in [5, 5.41) is 22.4. The maximum Gasteiger partial charge on any atom is 0.232 e. The Kier molecular flexibility index (Phi) is 8.83. The van der Waals surface area contributed by atoms with E-state index in [9.17, 15) is 9.59 Å². The normalized spacial score (nSPS) is 10.8. The molecule has 34 heavy (non-hydrogen) atoms. The predicted molar refractivity (Wildman–Crippen MR) is 135 cm³/mol. The number of carbonyl (C=O) groups is 2. The van der Waals surface area contributed by atoms with Gasteiger partial charge in [-0.15, -0.1) is 31.7 Å². The van der Waals surface area contributed by atoms with E-state index in [1.54, 1.807) is 18.0 Å². The molecule has 0 bridgehead atoms. The Labute approximate surface area is 209 Å². The summed E-state index contributed by atoms with van der Waals surface area (Å²) < 4.78 is 0. The van der Waals surface area contributed by atoms with Crippen molar-refractivity contribution in [3.05, 3.63) is 81.0 Å². The summed E-state index contributed by atoms with van der Waals surface area (Å²) >= 11 is 4.58. The molecule has 0 spiro atoms. The number of nitrogens with one attached hydrogen (secondary N) is 1. The highest BCUT2D eigenvalue weighted by Gasteiger charge is 2.12. The number of thioether (sulfide) groups is 1. The molecule has 4 rings (SSSR count). The first-order valence-electron chi connectivity index (χ1n) is 10.6. The number of ketones is 1. The zero-order chi connectivity index (χ0) is 23.6. The molecule has 3 heterocycles. The van der Waals surface area contributed by atoms with Gasteiger partial charge in [-0.1, -0.05) is 47.7 Å². The van der Waals surface area contributed by atoms with Gasteiger partial charge in [-0.25, -0.2) is 0 Å². The van der Waals surface area contributed by atoms with Crippen molar-refractivity contribution in [3.8, 4) is 0 Å². The number of nitrogens with zero attached hydrogens (tertiary/aromatic N) is 5. The second-order valence-corrected chi connectivity index (χ2v) is 10.6. The van der Waals surface area contributed by atoms with Crippen LogP contribution in [0.15, 0.2) is 54.7 Å². The van der Waals surface area contributed by atoms with E-state index in [-0.39, 0.29) is 18.1 Å². The maximum atomic E-state index is 12.3. The van der Waals surface area contributed by atoms with Crippen LogP contribution in [0.2, 0.25) is 0 Å². The Balaban J connectivity index is 1.15. The number of benzene rings is 1. The molecule has 0 aliphatic carbocycles. The van der Waals surface area contributed by atoms with E-state index in [4.69, 9.17) is 0 Å². The highest BCUT2D eigenvalue weighted by Crippen LogP contribution is 2.22. The molecular weight excluding hydrogens is 488 g/mol. The molecule has 11 heteroatoms. The lowest BCUT2D eigenvalue weighted by Crippen LogP contribution is -2.14. The average Bonchev–Trinajstić information content (AvgIpc) is 3.47. The number of hydrogen-bond acceptors (Lipinski definition) is 10. The SMILES string of the molecule is O=C(Cc1ccccc1)Cc1nnc(CCSCc2nnc(NC(=O)Cc3ccccn3)s2)s1. The summed E-state index contributed by atoms with van der Waals surface area (Å²) in [4.78, 5) is 28.5. The molecule has 0 fully saturated rings. The largest absolute Gasteiger partial charge is 0.300 e. The molecule has 4 aromatic rings. The van der Waals surface area contributed by atoms with Crippen LogP contribution in [-0.4, -0.2) is 42.8 Å². The van der Waals surface area contributed by atoms with E-state index in [2.05, 4.69) is 30.7 Å². The number of aromatic nitrogens is 5. The van der Waals surface area contributed by atoms with E-state index in [1.165, 1.54) is 22.7 Å². The molecule has 1 N–H and O–H groups in total. The quantitative estimate of drug-likeness (QED) is 0.287. The molecule has 0 aliphatic heterocycles. The minimum Gasteiger partial charge on any atom is -0.300 e. The zero-order valence-corrected chi connectivity index (χ0v) is 20.7. The molecule has 0 saturated heterocycles. The molecule has 174 valence electrons. The number of Topliss-reactive ketones (excluding diaryl/α,β-unsaturated/α-hetero) is 1. The Morgan fingerprint density at radius 1 is 0.824 bits per heavy atom. The molecular formula is C23H22N6O2S3. The van der Waals surface area contributed by atoms with Crippen LogP contribution < -0.4 is 5.32 Å². The lowest BCUT2D eigenvalue weighted by Gasteiger charge is -2.00. The topological polar surface area (TPSA) is 111 Å². The van der Waals surface area contributed by atoms with Crippen LogP contribution in [0.5, 0.6) is 0 Å². The summed E-state index contributed by atoms with van der Waals surface area (Å²) in [5.41, 5.74) is 1.72. The van der Waals surface area contributed by atoms with Crippen LogP contribution in [-0.2, 0) is 41.0 Å². The maximum absolute atomic E-state index is 12.3. The van der Waals surface area contributed by atoms with Crippen molar-refractivity contribution in [2.45, 2.75) is 31.4 Å². The van der Waals surface area contributed by atoms with Crippen LogP contribution in [0.4, 0.5) is 5.13 Å². The number of anilines is 1. The summed E-state index contributed by atoms with van der Waals surface area (Å²) in [5.74, 6) is 1.54. The zero-order valence-electron chi connectivity index (χ0n) is 18.2. The highest BCUT2D eigenvalue weighted by molar-refractivity contribution is 7.98. The van der Waals surface area contributed by atoms with Crippen LogP contribution in [0.25, 0.3) is 0 Å². The Morgan fingerprint density at radius 2 is 1.62 bits per heavy atom. The van der Waals surface area contributed by atoms with Gasteiger partial charge < -0.3 is 5.32 Å². The molecule has 0 aliphatic rings. The summed E-state index contributed by atoms with van der Waals surface area (Å²) in [7, 11) is 0. The van der Waals surface area contributed by atoms with Crippen LogP contribution >= 0.6 is 34.4 Å². The van der Waals surface area contributed by atoms with Gasteiger partial charge in [0.15, 0.2) is 0 Å². The lowest BCUT2D eigenvalue weighted by molar-refractivity contribution is -0.118. The smallest absolute Gasteiger partial charge is 0.232 e. The number of aryl methyl sites for hydroxylation is 1. The van der Waals surface area contributed by atoms with Crippen molar-refractivity contribution in [2.75, 3.05) is 11.1 Å². The number of rotatable bonds is 12. The Morgan fingerprint density at radius 3 is 2.44 bits per heavy atom. The number of hydrogen-bond donors (Lipinski definition) is 1. The van der Waals surface area contributed by atoms with E-state index in [0.29, 0.717) is 29.4 Å². The molecule has 0 unspecified atom stereocenters. The minimum absolute atomic E-state index is 0.141. The van der Waals surface area contributed by atoms with Crippen molar-refractivity contribution in [1.82, 2.24) is 25.4 Å². The summed E-state index contributed by atoms with van der Waals surface area (Å²) in [6.45, 7) is 0. The van der Waals surface area contributed by atoms with E-state index >= 15 is 0 Å². The molecule has 1 aromatic carbocycles. The number of pyridine rings is 1. The van der Waals surface area contributed by atoms with Crippen molar-refractivity contribution in [2.24, 2.45) is 0 Å². The second-order valence-electron chi connectivity index (χ2n) is 7.32. The fourth-order valence-electron chi connectivity index (χ4n) is 3.03. The van der Waals surface area contributed by atoms with E-state index in [0.717, 1.165) is 32.8 Å². The standard InChI is InChI=1S/C23H22N6O2S3/c30-18(12-16-6-2-1-3-7-16)14-21-27-26-20(33-21)9-11-32-15-22-28-29-23(34-22)25-19(31)13-17-8-4-5-10-24-17/h1-8,10H,9,11-15H2,(H,25,29,31). The number of carbonyl (C=O) groups excluding carboxylic acids is 2. The highest BCUT2D eigenvalue weighted by atomic mass is 32.2. The molecule has 3 aromatic heterocycles. The van der Waals surface area contributed by atoms with Crippen molar-refractivity contribution < 1.29 is 9.59 Å². The third kappa shape index (κ3) is 7.79. The molecule has 0 radical (unpaired) electrons. The molecule has 1 amide bonds. The average molecular weight is 511 g/mol. The van der Waals surface area contributed by atoms with Crippen LogP contribution in [0.3, 0.4) is 0 Å². The van der Waals surface area contributed by atoms with Crippen molar-refractivity contribution >= 4 is 51.3 Å². The first-order valence-corrected chi connectivity index (χ1v) is 13.4. The molecule has 0 saturated carbocycles. The Hall–Kier alpha value is -3.02. The van der Waals surface area contributed by atoms with Gasteiger partial charge >= 0.3 is 0 Å². The van der Waals surface area contributed by atoms with Gasteiger partial charge in [0.05, 0.1) is 12.8 Å². The van der Waals surface area contributed by atoms with Gasteiger partial charge in [0.25, 0.3) is 0 Å². The van der Waals surface area contributed by atoms with Crippen molar-refractivity contribution in [3.63, 3.8) is 0 Å². The van der Waals surface area contributed by atoms with Gasteiger partial charge in [0.1, 0.15) is 20.8 Å². The van der Waals surface area contributed by atoms with E-state index < -0.39 is 0 Å². The third-order valence-corrected chi connectivity index (χ3v) is 7.54. The molecule has 8 nitrogen and oxygen atoms in total. The van der Waals surface area contributed by atoms with Gasteiger partial charge in [0, 0.05) is 36.2 Å². The molecule has 0 atom stereocenters. The monoisotopic (exact) mass is 510 g/mol.